The topological polar surface area (TPSA) is 108 Å². The van der Waals surface area contributed by atoms with Gasteiger partial charge in [0.2, 0.25) is 0 Å². The molecule has 2 fully saturated rings. The van der Waals surface area contributed by atoms with Gasteiger partial charge >= 0.3 is 5.97 Å². The molecular formula is C33H33FN2O5. The van der Waals surface area contributed by atoms with Crippen molar-refractivity contribution in [2.24, 2.45) is 11.8 Å². The number of nitrogens with two attached hydrogens (primary N) is 1. The number of esters is 1. The van der Waals surface area contributed by atoms with Crippen molar-refractivity contribution in [3.05, 3.63) is 82.4 Å². The molecule has 2 saturated carbocycles. The summed E-state index contributed by atoms with van der Waals surface area (Å²) in [4.78, 5) is 41.0. The van der Waals surface area contributed by atoms with E-state index in [1.807, 2.05) is 6.92 Å². The summed E-state index contributed by atoms with van der Waals surface area (Å²) in [5.74, 6) is -0.0471. The van der Waals surface area contributed by atoms with E-state index in [9.17, 15) is 18.8 Å². The molecule has 0 radical (unpaired) electrons. The molecule has 3 aromatic rings. The lowest BCUT2D eigenvalue weighted by Gasteiger charge is -2.40. The molecule has 3 aromatic carbocycles. The van der Waals surface area contributed by atoms with Gasteiger partial charge in [-0.15, -0.1) is 0 Å². The lowest BCUT2D eigenvalue weighted by molar-refractivity contribution is -0.00815. The Morgan fingerprint density at radius 1 is 0.927 bits per heavy atom. The number of alkyl halides is 1. The maximum absolute atomic E-state index is 13.9. The molecule has 4 atom stereocenters. The Bertz CT molecular complexity index is 1520. The lowest BCUT2D eigenvalue weighted by Crippen LogP contribution is -2.35. The molecule has 0 aliphatic heterocycles. The second kappa shape index (κ2) is 11.0. The van der Waals surface area contributed by atoms with Crippen molar-refractivity contribution in [1.29, 1.82) is 0 Å². The van der Waals surface area contributed by atoms with Crippen molar-refractivity contribution >= 4 is 34.6 Å². The van der Waals surface area contributed by atoms with Crippen molar-refractivity contribution in [2.75, 3.05) is 17.7 Å². The number of hydrogen-bond acceptors (Lipinski definition) is 7. The van der Waals surface area contributed by atoms with Crippen molar-refractivity contribution < 1.29 is 28.2 Å². The Balaban J connectivity index is 1.35. The fraction of sp³-hybridized carbons (Fsp3) is 0.364. The molecule has 212 valence electrons. The van der Waals surface area contributed by atoms with E-state index in [4.69, 9.17) is 15.2 Å². The Morgan fingerprint density at radius 3 is 2.29 bits per heavy atom. The summed E-state index contributed by atoms with van der Waals surface area (Å²) in [5.41, 5.74) is 8.06. The highest BCUT2D eigenvalue weighted by molar-refractivity contribution is 6.32. The zero-order valence-electron chi connectivity index (χ0n) is 23.0. The van der Waals surface area contributed by atoms with Crippen LogP contribution < -0.4 is 15.8 Å². The van der Waals surface area contributed by atoms with Gasteiger partial charge in [-0.3, -0.25) is 9.59 Å². The first-order valence-electron chi connectivity index (χ1n) is 14.3. The smallest absolute Gasteiger partial charge is 0.340 e. The molecule has 3 aliphatic rings. The van der Waals surface area contributed by atoms with E-state index >= 15 is 0 Å². The van der Waals surface area contributed by atoms with Crippen LogP contribution in [-0.2, 0) is 4.74 Å². The van der Waals surface area contributed by atoms with E-state index in [-0.39, 0.29) is 45.4 Å². The molecular weight excluding hydrogens is 523 g/mol. The number of halogens is 1. The Labute approximate surface area is 238 Å². The molecule has 6 rings (SSSR count). The quantitative estimate of drug-likeness (QED) is 0.202. The summed E-state index contributed by atoms with van der Waals surface area (Å²) in [7, 11) is 0. The molecule has 41 heavy (non-hydrogen) atoms. The van der Waals surface area contributed by atoms with Gasteiger partial charge in [0.05, 0.1) is 34.7 Å². The van der Waals surface area contributed by atoms with Crippen LogP contribution in [0.25, 0.3) is 0 Å². The first kappa shape index (κ1) is 27.0. The van der Waals surface area contributed by atoms with Gasteiger partial charge in [-0.25, -0.2) is 9.18 Å². The predicted octanol–water partition coefficient (Wildman–Crippen LogP) is 6.65. The van der Waals surface area contributed by atoms with Gasteiger partial charge in [0, 0.05) is 16.8 Å². The van der Waals surface area contributed by atoms with Crippen molar-refractivity contribution in [3.63, 3.8) is 0 Å². The fourth-order valence-corrected chi connectivity index (χ4v) is 6.65. The number of carbonyl (C=O) groups is 3. The van der Waals surface area contributed by atoms with Crippen LogP contribution in [0.4, 0.5) is 21.5 Å². The van der Waals surface area contributed by atoms with Crippen LogP contribution in [0.1, 0.15) is 87.6 Å². The average Bonchev–Trinajstić information content (AvgIpc) is 2.97. The Hall–Kier alpha value is -4.20. The molecule has 8 heteroatoms. The standard InChI is InChI=1S/C33H33FN2O5/c1-2-40-22-13-10-21(11-14-22)36-27-17-26(33(39)41-23-12-8-18-15-20(34)9-7-19(18)16-23)30(35)29-28(27)31(37)24-5-3-4-6-25(24)32(29)38/h3-6,10-11,13-14,17-20,23,36H,2,7-9,12,15-16,35H2,1H3/t18-,19?,20?,23-/m1/s1. The number of anilines is 3. The summed E-state index contributed by atoms with van der Waals surface area (Å²) in [6, 6.07) is 15.3. The summed E-state index contributed by atoms with van der Waals surface area (Å²) < 4.78 is 25.4. The van der Waals surface area contributed by atoms with E-state index in [2.05, 4.69) is 5.32 Å². The zero-order chi connectivity index (χ0) is 28.7. The molecule has 7 nitrogen and oxygen atoms in total. The van der Waals surface area contributed by atoms with E-state index in [1.165, 1.54) is 6.07 Å². The van der Waals surface area contributed by atoms with Crippen LogP contribution in [0.3, 0.4) is 0 Å². The largest absolute Gasteiger partial charge is 0.494 e. The van der Waals surface area contributed by atoms with Gasteiger partial charge in [0.15, 0.2) is 11.6 Å². The van der Waals surface area contributed by atoms with Gasteiger partial charge in [0.25, 0.3) is 0 Å². The average molecular weight is 557 g/mol. The van der Waals surface area contributed by atoms with Crippen LogP contribution in [-0.4, -0.2) is 36.4 Å². The summed E-state index contributed by atoms with van der Waals surface area (Å²) in [6.45, 7) is 2.42. The SMILES string of the molecule is CCOc1ccc(Nc2cc(C(=O)O[C@@H]3CC[C@@H]4CC(F)CCC4C3)c(N)c3c2C(=O)c2ccccc2C3=O)cc1. The Morgan fingerprint density at radius 2 is 1.59 bits per heavy atom. The van der Waals surface area contributed by atoms with E-state index in [1.54, 1.807) is 48.5 Å². The lowest BCUT2D eigenvalue weighted by atomic mass is 9.69. The predicted molar refractivity (Wildman–Crippen MR) is 154 cm³/mol. The number of benzene rings is 3. The van der Waals surface area contributed by atoms with Crippen molar-refractivity contribution in [2.45, 2.75) is 57.7 Å². The summed E-state index contributed by atoms with van der Waals surface area (Å²) in [5, 5.41) is 3.22. The highest BCUT2D eigenvalue weighted by atomic mass is 19.1. The molecule has 0 saturated heterocycles. The zero-order valence-corrected chi connectivity index (χ0v) is 23.0. The van der Waals surface area contributed by atoms with Crippen LogP contribution >= 0.6 is 0 Å². The summed E-state index contributed by atoms with van der Waals surface area (Å²) in [6.07, 6.45) is 3.06. The van der Waals surface area contributed by atoms with Gasteiger partial charge in [-0.1, -0.05) is 24.3 Å². The number of nitrogen functional groups attached to an aromatic ring is 1. The van der Waals surface area contributed by atoms with Crippen LogP contribution in [0.2, 0.25) is 0 Å². The minimum atomic E-state index is -0.739. The highest BCUT2D eigenvalue weighted by Crippen LogP contribution is 2.43. The minimum absolute atomic E-state index is 0.00145. The first-order valence-corrected chi connectivity index (χ1v) is 14.3. The summed E-state index contributed by atoms with van der Waals surface area (Å²) >= 11 is 0. The minimum Gasteiger partial charge on any atom is -0.494 e. The molecule has 0 amide bonds. The van der Waals surface area contributed by atoms with Crippen LogP contribution in [0.5, 0.6) is 5.75 Å². The molecule has 0 spiro atoms. The molecule has 0 bridgehead atoms. The van der Waals surface area contributed by atoms with E-state index in [0.717, 1.165) is 12.8 Å². The van der Waals surface area contributed by atoms with E-state index in [0.29, 0.717) is 61.3 Å². The molecule has 3 aliphatic carbocycles. The third-order valence-electron chi connectivity index (χ3n) is 8.68. The molecule has 0 aromatic heterocycles. The number of rotatable bonds is 6. The third-order valence-corrected chi connectivity index (χ3v) is 8.68. The number of hydrogen-bond donors (Lipinski definition) is 2. The van der Waals surface area contributed by atoms with Crippen LogP contribution in [0.15, 0.2) is 54.6 Å². The van der Waals surface area contributed by atoms with E-state index < -0.39 is 17.9 Å². The number of carbonyl (C=O) groups excluding carboxylic acids is 3. The van der Waals surface area contributed by atoms with Crippen molar-refractivity contribution in [3.8, 4) is 5.75 Å². The maximum atomic E-state index is 13.9. The maximum Gasteiger partial charge on any atom is 0.340 e. The number of fused-ring (bicyclic) bond motifs is 3. The normalized spacial score (nSPS) is 23.2. The van der Waals surface area contributed by atoms with Gasteiger partial charge in [0.1, 0.15) is 18.0 Å². The van der Waals surface area contributed by atoms with Crippen LogP contribution in [0, 0.1) is 11.8 Å². The molecule has 2 unspecified atom stereocenters. The van der Waals surface area contributed by atoms with Gasteiger partial charge in [-0.2, -0.15) is 0 Å². The monoisotopic (exact) mass is 556 g/mol. The second-order valence-corrected chi connectivity index (χ2v) is 11.2. The van der Waals surface area contributed by atoms with Crippen molar-refractivity contribution in [1.82, 2.24) is 0 Å². The first-order chi connectivity index (χ1) is 19.8. The Kier molecular flexibility index (Phi) is 7.24. The fourth-order valence-electron chi connectivity index (χ4n) is 6.65. The second-order valence-electron chi connectivity index (χ2n) is 11.2. The third kappa shape index (κ3) is 5.07. The molecule has 3 N–H and O–H groups in total. The van der Waals surface area contributed by atoms with Gasteiger partial charge in [-0.05, 0) is 87.6 Å². The van der Waals surface area contributed by atoms with Gasteiger partial charge < -0.3 is 20.5 Å². The number of ketones is 2. The highest BCUT2D eigenvalue weighted by Gasteiger charge is 2.39. The number of nitrogens with one attached hydrogen (secondary N) is 1. The molecule has 0 heterocycles. The number of ether oxygens (including phenoxy) is 2.